The van der Waals surface area contributed by atoms with Crippen molar-refractivity contribution in [1.82, 2.24) is 0 Å². The smallest absolute Gasteiger partial charge is 0.268 e. The molecule has 0 aliphatic carbocycles. The summed E-state index contributed by atoms with van der Waals surface area (Å²) in [6.45, 7) is 6.35. The third-order valence-corrected chi connectivity index (χ3v) is 4.99. The number of nitrogens with zero attached hydrogens (tertiary/aromatic N) is 1. The lowest BCUT2D eigenvalue weighted by atomic mass is 9.80. The molecule has 0 saturated heterocycles. The van der Waals surface area contributed by atoms with Crippen LogP contribution in [-0.4, -0.2) is 16.6 Å². The molecule has 1 aromatic heterocycles. The Kier molecular flexibility index (Phi) is 3.29. The summed E-state index contributed by atoms with van der Waals surface area (Å²) < 4.78 is 0. The lowest BCUT2D eigenvalue weighted by molar-refractivity contribution is 0.0958. The number of thiophene rings is 1. The third kappa shape index (κ3) is 2.33. The van der Waals surface area contributed by atoms with Gasteiger partial charge in [0.05, 0.1) is 4.88 Å². The van der Waals surface area contributed by atoms with Gasteiger partial charge >= 0.3 is 0 Å². The predicted octanol–water partition coefficient (Wildman–Crippen LogP) is 4.39. The zero-order chi connectivity index (χ0) is 15.2. The van der Waals surface area contributed by atoms with Gasteiger partial charge in [-0.2, -0.15) is 0 Å². The molecule has 110 valence electrons. The summed E-state index contributed by atoms with van der Waals surface area (Å²) in [6, 6.07) is 9.05. The minimum atomic E-state index is -0.246. The van der Waals surface area contributed by atoms with Crippen LogP contribution in [0.3, 0.4) is 0 Å². The number of fused-ring (bicyclic) bond motifs is 1. The SMILES string of the molecule is C[C@@H]1CC(C)(C)N(C(=O)c2cccs2)c2ccc(O)cc21. The highest BCUT2D eigenvalue weighted by molar-refractivity contribution is 7.12. The molecule has 0 unspecified atom stereocenters. The van der Waals surface area contributed by atoms with Crippen LogP contribution in [0.5, 0.6) is 5.75 Å². The van der Waals surface area contributed by atoms with Gasteiger partial charge in [0.2, 0.25) is 0 Å². The molecule has 1 aromatic carbocycles. The molecule has 1 aliphatic rings. The second-order valence-electron chi connectivity index (χ2n) is 6.28. The van der Waals surface area contributed by atoms with Crippen molar-refractivity contribution in [3.8, 4) is 5.75 Å². The highest BCUT2D eigenvalue weighted by Gasteiger charge is 2.40. The third-order valence-electron chi connectivity index (χ3n) is 4.13. The van der Waals surface area contributed by atoms with E-state index in [9.17, 15) is 9.90 Å². The van der Waals surface area contributed by atoms with Crippen molar-refractivity contribution in [3.05, 3.63) is 46.2 Å². The van der Waals surface area contributed by atoms with Crippen LogP contribution >= 0.6 is 11.3 Å². The molecule has 1 atom stereocenters. The van der Waals surface area contributed by atoms with Crippen LogP contribution in [0.4, 0.5) is 5.69 Å². The number of hydrogen-bond acceptors (Lipinski definition) is 3. The van der Waals surface area contributed by atoms with E-state index in [-0.39, 0.29) is 17.2 Å². The van der Waals surface area contributed by atoms with Gasteiger partial charge in [-0.05, 0) is 61.4 Å². The van der Waals surface area contributed by atoms with Gasteiger partial charge in [-0.1, -0.05) is 13.0 Å². The van der Waals surface area contributed by atoms with Gasteiger partial charge in [-0.3, -0.25) is 4.79 Å². The fraction of sp³-hybridized carbons (Fsp3) is 0.353. The molecule has 0 radical (unpaired) electrons. The van der Waals surface area contributed by atoms with E-state index >= 15 is 0 Å². The molecule has 2 heterocycles. The average molecular weight is 301 g/mol. The molecule has 0 fully saturated rings. The van der Waals surface area contributed by atoms with E-state index in [2.05, 4.69) is 20.8 Å². The zero-order valence-corrected chi connectivity index (χ0v) is 13.3. The molecule has 1 N–H and O–H groups in total. The van der Waals surface area contributed by atoms with Gasteiger partial charge in [0.25, 0.3) is 5.91 Å². The summed E-state index contributed by atoms with van der Waals surface area (Å²) in [4.78, 5) is 15.5. The standard InChI is InChI=1S/C17H19NO2S/c1-11-10-17(2,3)18(16(20)15-5-4-8-21-15)14-7-6-12(19)9-13(11)14/h4-9,11,19H,10H2,1-3H3/t11-/m1/s1. The Morgan fingerprint density at radius 3 is 2.81 bits per heavy atom. The molecule has 0 bridgehead atoms. The molecular weight excluding hydrogens is 282 g/mol. The van der Waals surface area contributed by atoms with Gasteiger partial charge in [-0.15, -0.1) is 11.3 Å². The van der Waals surface area contributed by atoms with Crippen LogP contribution < -0.4 is 4.90 Å². The van der Waals surface area contributed by atoms with Crippen molar-refractivity contribution in [2.24, 2.45) is 0 Å². The Morgan fingerprint density at radius 2 is 2.14 bits per heavy atom. The number of hydrogen-bond donors (Lipinski definition) is 1. The van der Waals surface area contributed by atoms with Crippen LogP contribution in [0.25, 0.3) is 0 Å². The van der Waals surface area contributed by atoms with Gasteiger partial charge in [0.15, 0.2) is 0 Å². The van der Waals surface area contributed by atoms with Crippen molar-refractivity contribution in [2.45, 2.75) is 38.6 Å². The van der Waals surface area contributed by atoms with E-state index in [4.69, 9.17) is 0 Å². The molecule has 0 saturated carbocycles. The van der Waals surface area contributed by atoms with Crippen LogP contribution in [0.2, 0.25) is 0 Å². The number of carbonyl (C=O) groups excluding carboxylic acids is 1. The topological polar surface area (TPSA) is 40.5 Å². The summed E-state index contributed by atoms with van der Waals surface area (Å²) in [7, 11) is 0. The predicted molar refractivity (Wildman–Crippen MR) is 86.3 cm³/mol. The monoisotopic (exact) mass is 301 g/mol. The van der Waals surface area contributed by atoms with Crippen LogP contribution in [0, 0.1) is 0 Å². The van der Waals surface area contributed by atoms with Gasteiger partial charge < -0.3 is 10.0 Å². The van der Waals surface area contributed by atoms with Crippen molar-refractivity contribution in [1.29, 1.82) is 0 Å². The molecule has 1 aliphatic heterocycles. The molecule has 21 heavy (non-hydrogen) atoms. The van der Waals surface area contributed by atoms with E-state index in [1.54, 1.807) is 12.1 Å². The van der Waals surface area contributed by atoms with E-state index in [0.29, 0.717) is 5.92 Å². The first-order valence-corrected chi connectivity index (χ1v) is 7.99. The lowest BCUT2D eigenvalue weighted by Gasteiger charge is -2.45. The Labute approximate surface area is 128 Å². The van der Waals surface area contributed by atoms with Crippen LogP contribution in [-0.2, 0) is 0 Å². The summed E-state index contributed by atoms with van der Waals surface area (Å²) in [5.41, 5.74) is 1.71. The summed E-state index contributed by atoms with van der Waals surface area (Å²) in [5.74, 6) is 0.604. The second-order valence-corrected chi connectivity index (χ2v) is 7.23. The number of rotatable bonds is 1. The molecule has 3 rings (SSSR count). The van der Waals surface area contributed by atoms with Gasteiger partial charge in [0, 0.05) is 11.2 Å². The van der Waals surface area contributed by atoms with Crippen molar-refractivity contribution in [3.63, 3.8) is 0 Å². The molecule has 1 amide bonds. The first-order valence-electron chi connectivity index (χ1n) is 7.11. The first kappa shape index (κ1) is 14.1. The van der Waals surface area contributed by atoms with Crippen molar-refractivity contribution >= 4 is 22.9 Å². The molecule has 4 heteroatoms. The Bertz CT molecular complexity index is 676. The van der Waals surface area contributed by atoms with E-state index in [1.807, 2.05) is 28.5 Å². The number of phenols is 1. The van der Waals surface area contributed by atoms with Crippen LogP contribution in [0.15, 0.2) is 35.7 Å². The Hall–Kier alpha value is -1.81. The second kappa shape index (κ2) is 4.88. The highest BCUT2D eigenvalue weighted by Crippen LogP contribution is 2.45. The van der Waals surface area contributed by atoms with E-state index in [0.717, 1.165) is 22.5 Å². The van der Waals surface area contributed by atoms with E-state index in [1.165, 1.54) is 11.3 Å². The maximum Gasteiger partial charge on any atom is 0.268 e. The Morgan fingerprint density at radius 1 is 1.38 bits per heavy atom. The molecule has 2 aromatic rings. The Balaban J connectivity index is 2.14. The average Bonchev–Trinajstić information content (AvgIpc) is 2.92. The number of anilines is 1. The molecular formula is C17H19NO2S. The number of amides is 1. The number of phenolic OH excluding ortho intramolecular Hbond substituents is 1. The number of aromatic hydroxyl groups is 1. The van der Waals surface area contributed by atoms with Gasteiger partial charge in [-0.25, -0.2) is 0 Å². The fourth-order valence-electron chi connectivity index (χ4n) is 3.31. The molecule has 3 nitrogen and oxygen atoms in total. The maximum atomic E-state index is 12.9. The fourth-order valence-corrected chi connectivity index (χ4v) is 3.96. The van der Waals surface area contributed by atoms with E-state index < -0.39 is 0 Å². The normalized spacial score (nSPS) is 20.1. The maximum absolute atomic E-state index is 12.9. The molecule has 0 spiro atoms. The number of benzene rings is 1. The minimum Gasteiger partial charge on any atom is -0.508 e. The highest BCUT2D eigenvalue weighted by atomic mass is 32.1. The summed E-state index contributed by atoms with van der Waals surface area (Å²) in [6.07, 6.45) is 0.876. The minimum absolute atomic E-state index is 0.0360. The lowest BCUT2D eigenvalue weighted by Crippen LogP contribution is -2.51. The summed E-state index contributed by atoms with van der Waals surface area (Å²) >= 11 is 1.46. The summed E-state index contributed by atoms with van der Waals surface area (Å²) in [5, 5.41) is 11.7. The number of carbonyl (C=O) groups is 1. The van der Waals surface area contributed by atoms with Crippen LogP contribution in [0.1, 0.15) is 48.3 Å². The first-order chi connectivity index (χ1) is 9.90. The zero-order valence-electron chi connectivity index (χ0n) is 12.5. The van der Waals surface area contributed by atoms with Crippen molar-refractivity contribution < 1.29 is 9.90 Å². The van der Waals surface area contributed by atoms with Crippen molar-refractivity contribution in [2.75, 3.05) is 4.90 Å². The largest absolute Gasteiger partial charge is 0.508 e. The van der Waals surface area contributed by atoms with Gasteiger partial charge in [0.1, 0.15) is 5.75 Å². The quantitative estimate of drug-likeness (QED) is 0.849.